The molecule has 0 unspecified atom stereocenters. The molecule has 5 nitrogen and oxygen atoms in total. The minimum absolute atomic E-state index is 0.201. The number of esters is 1. The summed E-state index contributed by atoms with van der Waals surface area (Å²) in [6.45, 7) is 7.56. The van der Waals surface area contributed by atoms with Gasteiger partial charge in [-0.2, -0.15) is 0 Å². The van der Waals surface area contributed by atoms with Gasteiger partial charge in [-0.05, 0) is 45.4 Å². The standard InChI is InChI=1S/C15H18FN3O2/c1-10-13(14(20)21-15(2,3)4)17-18-19(10)9-11-5-7-12(16)8-6-11/h5-8H,9H2,1-4H3. The summed E-state index contributed by atoms with van der Waals surface area (Å²) >= 11 is 0. The average molecular weight is 291 g/mol. The van der Waals surface area contributed by atoms with Crippen molar-refractivity contribution in [2.75, 3.05) is 0 Å². The first kappa shape index (κ1) is 15.2. The van der Waals surface area contributed by atoms with E-state index >= 15 is 0 Å². The number of ether oxygens (including phenoxy) is 1. The van der Waals surface area contributed by atoms with Crippen molar-refractivity contribution < 1.29 is 13.9 Å². The molecule has 1 heterocycles. The van der Waals surface area contributed by atoms with Gasteiger partial charge in [0.15, 0.2) is 5.69 Å². The van der Waals surface area contributed by atoms with Gasteiger partial charge >= 0.3 is 5.97 Å². The highest BCUT2D eigenvalue weighted by Gasteiger charge is 2.23. The van der Waals surface area contributed by atoms with Crippen molar-refractivity contribution in [3.63, 3.8) is 0 Å². The van der Waals surface area contributed by atoms with E-state index in [4.69, 9.17) is 4.74 Å². The van der Waals surface area contributed by atoms with Crippen molar-refractivity contribution >= 4 is 5.97 Å². The van der Waals surface area contributed by atoms with Crippen LogP contribution in [-0.2, 0) is 11.3 Å². The summed E-state index contributed by atoms with van der Waals surface area (Å²) in [7, 11) is 0. The first-order valence-electron chi connectivity index (χ1n) is 6.64. The Hall–Kier alpha value is -2.24. The lowest BCUT2D eigenvalue weighted by Crippen LogP contribution is -2.24. The Bertz CT molecular complexity index is 642. The molecule has 1 aromatic heterocycles. The molecule has 0 atom stereocenters. The maximum atomic E-state index is 12.9. The van der Waals surface area contributed by atoms with E-state index in [1.165, 1.54) is 12.1 Å². The van der Waals surface area contributed by atoms with Crippen LogP contribution >= 0.6 is 0 Å². The third-order valence-electron chi connectivity index (χ3n) is 2.82. The van der Waals surface area contributed by atoms with E-state index in [0.717, 1.165) is 5.56 Å². The van der Waals surface area contributed by atoms with Gasteiger partial charge in [0.05, 0.1) is 12.2 Å². The smallest absolute Gasteiger partial charge is 0.361 e. The highest BCUT2D eigenvalue weighted by molar-refractivity contribution is 5.88. The Morgan fingerprint density at radius 3 is 2.48 bits per heavy atom. The molecule has 2 aromatic rings. The SMILES string of the molecule is Cc1c(C(=O)OC(C)(C)C)nnn1Cc1ccc(F)cc1. The highest BCUT2D eigenvalue weighted by Crippen LogP contribution is 2.14. The molecule has 0 fully saturated rings. The zero-order chi connectivity index (χ0) is 15.6. The van der Waals surface area contributed by atoms with Crippen LogP contribution in [0.2, 0.25) is 0 Å². The number of hydrogen-bond donors (Lipinski definition) is 0. The van der Waals surface area contributed by atoms with Gasteiger partial charge < -0.3 is 4.74 Å². The summed E-state index contributed by atoms with van der Waals surface area (Å²) in [4.78, 5) is 12.0. The van der Waals surface area contributed by atoms with Gasteiger partial charge in [0.25, 0.3) is 0 Å². The van der Waals surface area contributed by atoms with Gasteiger partial charge in [-0.3, -0.25) is 0 Å². The highest BCUT2D eigenvalue weighted by atomic mass is 19.1. The fourth-order valence-corrected chi connectivity index (χ4v) is 1.79. The summed E-state index contributed by atoms with van der Waals surface area (Å²) in [5.74, 6) is -0.783. The summed E-state index contributed by atoms with van der Waals surface area (Å²) in [6.07, 6.45) is 0. The summed E-state index contributed by atoms with van der Waals surface area (Å²) in [6, 6.07) is 6.11. The predicted molar refractivity (Wildman–Crippen MR) is 75.4 cm³/mol. The third-order valence-corrected chi connectivity index (χ3v) is 2.82. The van der Waals surface area contributed by atoms with Crippen LogP contribution in [0.4, 0.5) is 4.39 Å². The summed E-state index contributed by atoms with van der Waals surface area (Å²) < 4.78 is 19.7. The molecule has 6 heteroatoms. The Balaban J connectivity index is 2.17. The van der Waals surface area contributed by atoms with Crippen molar-refractivity contribution in [2.24, 2.45) is 0 Å². The third kappa shape index (κ3) is 3.87. The second-order valence-electron chi connectivity index (χ2n) is 5.81. The van der Waals surface area contributed by atoms with Crippen LogP contribution in [0.5, 0.6) is 0 Å². The van der Waals surface area contributed by atoms with E-state index in [2.05, 4.69) is 10.3 Å². The van der Waals surface area contributed by atoms with E-state index in [9.17, 15) is 9.18 Å². The molecule has 0 radical (unpaired) electrons. The Labute approximate surface area is 122 Å². The number of benzene rings is 1. The lowest BCUT2D eigenvalue weighted by molar-refractivity contribution is 0.00618. The minimum atomic E-state index is -0.579. The lowest BCUT2D eigenvalue weighted by atomic mass is 10.2. The first-order chi connectivity index (χ1) is 9.76. The molecule has 0 saturated heterocycles. The first-order valence-corrected chi connectivity index (χ1v) is 6.64. The topological polar surface area (TPSA) is 57.0 Å². The average Bonchev–Trinajstić information content (AvgIpc) is 2.72. The lowest BCUT2D eigenvalue weighted by Gasteiger charge is -2.18. The molecule has 112 valence electrons. The maximum absolute atomic E-state index is 12.9. The summed E-state index contributed by atoms with van der Waals surface area (Å²) in [5.41, 5.74) is 1.12. The monoisotopic (exact) mass is 291 g/mol. The van der Waals surface area contributed by atoms with Crippen LogP contribution in [0.15, 0.2) is 24.3 Å². The van der Waals surface area contributed by atoms with Crippen molar-refractivity contribution in [3.05, 3.63) is 47.0 Å². The van der Waals surface area contributed by atoms with Gasteiger partial charge in [-0.15, -0.1) is 5.10 Å². The molecular formula is C15H18FN3O2. The van der Waals surface area contributed by atoms with Crippen LogP contribution in [0.1, 0.15) is 42.5 Å². The van der Waals surface area contributed by atoms with Gasteiger partial charge in [0.2, 0.25) is 0 Å². The maximum Gasteiger partial charge on any atom is 0.361 e. The molecule has 0 aliphatic carbocycles. The van der Waals surface area contributed by atoms with Crippen molar-refractivity contribution in [3.8, 4) is 0 Å². The van der Waals surface area contributed by atoms with Crippen LogP contribution in [0.25, 0.3) is 0 Å². The van der Waals surface area contributed by atoms with Gasteiger partial charge in [-0.1, -0.05) is 17.3 Å². The quantitative estimate of drug-likeness (QED) is 0.816. The molecule has 0 N–H and O–H groups in total. The molecule has 21 heavy (non-hydrogen) atoms. The number of aromatic nitrogens is 3. The van der Waals surface area contributed by atoms with Crippen molar-refractivity contribution in [1.82, 2.24) is 15.0 Å². The zero-order valence-electron chi connectivity index (χ0n) is 12.6. The molecule has 0 aliphatic heterocycles. The number of hydrogen-bond acceptors (Lipinski definition) is 4. The van der Waals surface area contributed by atoms with Gasteiger partial charge in [-0.25, -0.2) is 13.9 Å². The van der Waals surface area contributed by atoms with E-state index in [1.807, 2.05) is 0 Å². The van der Waals surface area contributed by atoms with E-state index in [1.54, 1.807) is 44.5 Å². The minimum Gasteiger partial charge on any atom is -0.455 e. The molecule has 0 aliphatic rings. The van der Waals surface area contributed by atoms with Crippen molar-refractivity contribution in [1.29, 1.82) is 0 Å². The van der Waals surface area contributed by atoms with Crippen LogP contribution in [-0.4, -0.2) is 26.6 Å². The second-order valence-corrected chi connectivity index (χ2v) is 5.81. The molecular weight excluding hydrogens is 273 g/mol. The number of halogens is 1. The molecule has 0 spiro atoms. The largest absolute Gasteiger partial charge is 0.455 e. The molecule has 0 bridgehead atoms. The number of carbonyl (C=O) groups excluding carboxylic acids is 1. The molecule has 1 aromatic carbocycles. The van der Waals surface area contributed by atoms with Crippen molar-refractivity contribution in [2.45, 2.75) is 39.8 Å². The summed E-state index contributed by atoms with van der Waals surface area (Å²) in [5, 5.41) is 7.83. The molecule has 2 rings (SSSR count). The number of nitrogens with zero attached hydrogens (tertiary/aromatic N) is 3. The second kappa shape index (κ2) is 5.63. The number of rotatable bonds is 3. The fraction of sp³-hybridized carbons (Fsp3) is 0.400. The normalized spacial score (nSPS) is 11.5. The van der Waals surface area contributed by atoms with E-state index in [0.29, 0.717) is 12.2 Å². The van der Waals surface area contributed by atoms with Gasteiger partial charge in [0.1, 0.15) is 11.4 Å². The Morgan fingerprint density at radius 2 is 1.90 bits per heavy atom. The van der Waals surface area contributed by atoms with Gasteiger partial charge in [0, 0.05) is 0 Å². The predicted octanol–water partition coefficient (Wildman–Crippen LogP) is 2.73. The van der Waals surface area contributed by atoms with E-state index < -0.39 is 11.6 Å². The Kier molecular flexibility index (Phi) is 4.06. The molecule has 0 saturated carbocycles. The molecule has 0 amide bonds. The zero-order valence-corrected chi connectivity index (χ0v) is 12.6. The number of carbonyl (C=O) groups is 1. The van der Waals surface area contributed by atoms with Crippen LogP contribution < -0.4 is 0 Å². The fourth-order valence-electron chi connectivity index (χ4n) is 1.79. The Morgan fingerprint density at radius 1 is 1.29 bits per heavy atom. The van der Waals surface area contributed by atoms with Crippen LogP contribution in [0.3, 0.4) is 0 Å². The van der Waals surface area contributed by atoms with E-state index in [-0.39, 0.29) is 11.5 Å². The van der Waals surface area contributed by atoms with Crippen LogP contribution in [0, 0.1) is 12.7 Å².